The van der Waals surface area contributed by atoms with E-state index in [1.165, 1.54) is 11.8 Å². The van der Waals surface area contributed by atoms with Gasteiger partial charge in [-0.1, -0.05) is 24.8 Å². The van der Waals surface area contributed by atoms with Crippen LogP contribution in [0.15, 0.2) is 46.9 Å². The molecule has 1 amide bonds. The van der Waals surface area contributed by atoms with Crippen LogP contribution in [0, 0.1) is 0 Å². The molecule has 0 fully saturated rings. The number of carbonyl (C=O) groups excluding carboxylic acids is 2. The number of amides is 1. The van der Waals surface area contributed by atoms with E-state index in [9.17, 15) is 9.59 Å². The molecular formula is C19H20N4O2S2. The van der Waals surface area contributed by atoms with Crippen molar-refractivity contribution in [2.75, 3.05) is 11.1 Å². The Hall–Kier alpha value is -2.45. The van der Waals surface area contributed by atoms with Crippen LogP contribution in [0.1, 0.15) is 30.6 Å². The number of ketones is 1. The lowest BCUT2D eigenvalue weighted by Crippen LogP contribution is -2.10. The van der Waals surface area contributed by atoms with Gasteiger partial charge in [0, 0.05) is 24.2 Å². The van der Waals surface area contributed by atoms with Crippen LogP contribution in [0.5, 0.6) is 0 Å². The number of thioether (sulfide) groups is 1. The lowest BCUT2D eigenvalue weighted by atomic mass is 10.1. The molecular weight excluding hydrogens is 380 g/mol. The maximum atomic E-state index is 12.5. The summed E-state index contributed by atoms with van der Waals surface area (Å²) in [6.45, 7) is 4.57. The first-order valence-corrected chi connectivity index (χ1v) is 10.5. The number of hydrogen-bond acceptors (Lipinski definition) is 6. The molecule has 27 heavy (non-hydrogen) atoms. The van der Waals surface area contributed by atoms with Crippen molar-refractivity contribution in [1.82, 2.24) is 14.8 Å². The number of anilines is 1. The molecule has 0 bridgehead atoms. The number of benzene rings is 1. The fourth-order valence-corrected chi connectivity index (χ4v) is 4.08. The largest absolute Gasteiger partial charge is 0.326 e. The van der Waals surface area contributed by atoms with Gasteiger partial charge in [-0.3, -0.25) is 9.59 Å². The summed E-state index contributed by atoms with van der Waals surface area (Å²) < 4.78 is 2.02. The summed E-state index contributed by atoms with van der Waals surface area (Å²) in [4.78, 5) is 25.0. The van der Waals surface area contributed by atoms with Gasteiger partial charge in [-0.15, -0.1) is 21.5 Å². The van der Waals surface area contributed by atoms with Crippen molar-refractivity contribution in [2.24, 2.45) is 0 Å². The predicted molar refractivity (Wildman–Crippen MR) is 109 cm³/mol. The second-order valence-corrected chi connectivity index (χ2v) is 7.61. The third-order valence-corrected chi connectivity index (χ3v) is 5.75. The first kappa shape index (κ1) is 19.3. The molecule has 8 heteroatoms. The smallest absolute Gasteiger partial charge is 0.224 e. The first-order chi connectivity index (χ1) is 13.1. The Balaban J connectivity index is 1.65. The number of hydrogen-bond donors (Lipinski definition) is 1. The minimum absolute atomic E-state index is 0.0108. The van der Waals surface area contributed by atoms with Crippen LogP contribution < -0.4 is 5.32 Å². The van der Waals surface area contributed by atoms with E-state index in [2.05, 4.69) is 15.5 Å². The minimum atomic E-state index is -0.0509. The lowest BCUT2D eigenvalue weighted by Gasteiger charge is -2.07. The van der Waals surface area contributed by atoms with Gasteiger partial charge in [0.15, 0.2) is 16.8 Å². The van der Waals surface area contributed by atoms with E-state index < -0.39 is 0 Å². The predicted octanol–water partition coefficient (Wildman–Crippen LogP) is 4.35. The van der Waals surface area contributed by atoms with Crippen molar-refractivity contribution in [3.05, 3.63) is 47.3 Å². The Morgan fingerprint density at radius 3 is 2.56 bits per heavy atom. The van der Waals surface area contributed by atoms with E-state index in [1.54, 1.807) is 42.5 Å². The number of Topliss-reactive ketones (excluding diaryl/α,β-unsaturated/α-hetero) is 1. The monoisotopic (exact) mass is 400 g/mol. The molecule has 0 saturated carbocycles. The molecule has 2 heterocycles. The first-order valence-electron chi connectivity index (χ1n) is 8.65. The Labute approximate surface area is 166 Å². The van der Waals surface area contributed by atoms with E-state index in [1.807, 2.05) is 29.0 Å². The number of thiophene rings is 1. The molecule has 0 spiro atoms. The SMILES string of the molecule is CCC(=O)Nc1ccc(C(=O)CSc2nnc(-c3cccs3)n2CC)cc1. The lowest BCUT2D eigenvalue weighted by molar-refractivity contribution is -0.115. The van der Waals surface area contributed by atoms with Gasteiger partial charge in [-0.25, -0.2) is 0 Å². The molecule has 3 rings (SSSR count). The highest BCUT2D eigenvalue weighted by Gasteiger charge is 2.15. The highest BCUT2D eigenvalue weighted by atomic mass is 32.2. The van der Waals surface area contributed by atoms with Crippen molar-refractivity contribution in [2.45, 2.75) is 32.0 Å². The molecule has 2 aromatic heterocycles. The molecule has 1 N–H and O–H groups in total. The summed E-state index contributed by atoms with van der Waals surface area (Å²) in [5.41, 5.74) is 1.30. The van der Waals surface area contributed by atoms with Gasteiger partial charge in [0.05, 0.1) is 10.6 Å². The third-order valence-electron chi connectivity index (χ3n) is 3.92. The van der Waals surface area contributed by atoms with Crippen LogP contribution in [-0.2, 0) is 11.3 Å². The van der Waals surface area contributed by atoms with Gasteiger partial charge in [0.2, 0.25) is 5.91 Å². The molecule has 0 aliphatic heterocycles. The highest BCUT2D eigenvalue weighted by Crippen LogP contribution is 2.27. The number of rotatable bonds is 8. The van der Waals surface area contributed by atoms with Gasteiger partial charge in [-0.2, -0.15) is 0 Å². The average molecular weight is 401 g/mol. The summed E-state index contributed by atoms with van der Waals surface area (Å²) in [5.74, 6) is 1.07. The number of carbonyl (C=O) groups is 2. The van der Waals surface area contributed by atoms with Crippen LogP contribution in [0.3, 0.4) is 0 Å². The van der Waals surface area contributed by atoms with Gasteiger partial charge in [-0.05, 0) is 42.6 Å². The molecule has 0 aliphatic rings. The average Bonchev–Trinajstić information content (AvgIpc) is 3.35. The quantitative estimate of drug-likeness (QED) is 0.449. The van der Waals surface area contributed by atoms with Crippen LogP contribution in [0.4, 0.5) is 5.69 Å². The van der Waals surface area contributed by atoms with E-state index in [0.29, 0.717) is 17.7 Å². The van der Waals surface area contributed by atoms with Gasteiger partial charge in [0.1, 0.15) is 0 Å². The standard InChI is InChI=1S/C19H20N4O2S2/c1-3-17(25)20-14-9-7-13(8-10-14)15(24)12-27-19-22-21-18(23(19)4-2)16-6-5-11-26-16/h5-11H,3-4,12H2,1-2H3,(H,20,25). The highest BCUT2D eigenvalue weighted by molar-refractivity contribution is 7.99. The number of nitrogens with zero attached hydrogens (tertiary/aromatic N) is 3. The maximum Gasteiger partial charge on any atom is 0.224 e. The van der Waals surface area contributed by atoms with E-state index >= 15 is 0 Å². The van der Waals surface area contributed by atoms with Gasteiger partial charge < -0.3 is 9.88 Å². The van der Waals surface area contributed by atoms with Gasteiger partial charge >= 0.3 is 0 Å². The second kappa shape index (κ2) is 8.96. The van der Waals surface area contributed by atoms with E-state index in [-0.39, 0.29) is 17.4 Å². The fraction of sp³-hybridized carbons (Fsp3) is 0.263. The molecule has 0 radical (unpaired) electrons. The Bertz CT molecular complexity index is 918. The Morgan fingerprint density at radius 2 is 1.93 bits per heavy atom. The zero-order valence-corrected chi connectivity index (χ0v) is 16.8. The molecule has 1 aromatic carbocycles. The molecule has 0 saturated heterocycles. The number of nitrogens with one attached hydrogen (secondary N) is 1. The van der Waals surface area contributed by atoms with Crippen LogP contribution in [0.25, 0.3) is 10.7 Å². The Morgan fingerprint density at radius 1 is 1.15 bits per heavy atom. The molecule has 0 unspecified atom stereocenters. The van der Waals surface area contributed by atoms with Crippen molar-refractivity contribution in [3.63, 3.8) is 0 Å². The van der Waals surface area contributed by atoms with Crippen molar-refractivity contribution < 1.29 is 9.59 Å². The molecule has 0 aliphatic carbocycles. The summed E-state index contributed by atoms with van der Waals surface area (Å²) in [5, 5.41) is 14.0. The normalized spacial score (nSPS) is 10.7. The summed E-state index contributed by atoms with van der Waals surface area (Å²) in [6, 6.07) is 11.0. The Kier molecular flexibility index (Phi) is 6.41. The minimum Gasteiger partial charge on any atom is -0.326 e. The van der Waals surface area contributed by atoms with Crippen molar-refractivity contribution >= 4 is 40.5 Å². The second-order valence-electron chi connectivity index (χ2n) is 5.72. The zero-order chi connectivity index (χ0) is 19.2. The van der Waals surface area contributed by atoms with Crippen LogP contribution in [-0.4, -0.2) is 32.2 Å². The number of aromatic nitrogens is 3. The van der Waals surface area contributed by atoms with Gasteiger partial charge in [0.25, 0.3) is 0 Å². The third kappa shape index (κ3) is 4.64. The zero-order valence-electron chi connectivity index (χ0n) is 15.1. The van der Waals surface area contributed by atoms with Crippen molar-refractivity contribution in [1.29, 1.82) is 0 Å². The molecule has 0 atom stereocenters. The van der Waals surface area contributed by atoms with Crippen LogP contribution in [0.2, 0.25) is 0 Å². The summed E-state index contributed by atoms with van der Waals surface area (Å²) in [7, 11) is 0. The fourth-order valence-electron chi connectivity index (χ4n) is 2.47. The molecule has 6 nitrogen and oxygen atoms in total. The topological polar surface area (TPSA) is 76.9 Å². The molecule has 140 valence electrons. The van der Waals surface area contributed by atoms with Crippen molar-refractivity contribution in [3.8, 4) is 10.7 Å². The summed E-state index contributed by atoms with van der Waals surface area (Å²) >= 11 is 3.00. The maximum absolute atomic E-state index is 12.5. The van der Waals surface area contributed by atoms with E-state index in [4.69, 9.17) is 0 Å². The molecule has 3 aromatic rings. The van der Waals surface area contributed by atoms with Crippen LogP contribution >= 0.6 is 23.1 Å². The summed E-state index contributed by atoms with van der Waals surface area (Å²) in [6.07, 6.45) is 0.420. The van der Waals surface area contributed by atoms with E-state index in [0.717, 1.165) is 22.4 Å².